The Bertz CT molecular complexity index is 401. The van der Waals surface area contributed by atoms with Crippen LogP contribution in [0.3, 0.4) is 0 Å². The summed E-state index contributed by atoms with van der Waals surface area (Å²) in [5.74, 6) is 0.488. The lowest BCUT2D eigenvalue weighted by Gasteiger charge is -2.06. The quantitative estimate of drug-likeness (QED) is 0.568. The van der Waals surface area contributed by atoms with Gasteiger partial charge in [0, 0.05) is 12.3 Å². The zero-order chi connectivity index (χ0) is 12.0. The number of carbonyl (C=O) groups excluding carboxylic acids is 1. The predicted molar refractivity (Wildman–Crippen MR) is 58.4 cm³/mol. The molecule has 16 heavy (non-hydrogen) atoms. The summed E-state index contributed by atoms with van der Waals surface area (Å²) >= 11 is 0. The van der Waals surface area contributed by atoms with E-state index in [-0.39, 0.29) is 0 Å². The van der Waals surface area contributed by atoms with Gasteiger partial charge in [0.05, 0.1) is 21.3 Å². The molecule has 1 rings (SSSR count). The Kier molecular flexibility index (Phi) is 4.32. The first-order chi connectivity index (χ1) is 7.71. The standard InChI is InChI=1S/C11H13NO4/c1-14-9-6-8(4-5-10(13)15-2)7-12-11(9)16-3/h4-7H,1-3H3/b5-4-. The van der Waals surface area contributed by atoms with Crippen LogP contribution in [0.2, 0.25) is 0 Å². The highest BCUT2D eigenvalue weighted by atomic mass is 16.5. The van der Waals surface area contributed by atoms with Gasteiger partial charge in [-0.3, -0.25) is 0 Å². The molecule has 0 spiro atoms. The second-order valence-corrected chi connectivity index (χ2v) is 2.84. The molecule has 0 N–H and O–H groups in total. The van der Waals surface area contributed by atoms with Crippen LogP contribution in [-0.4, -0.2) is 32.3 Å². The van der Waals surface area contributed by atoms with Crippen LogP contribution in [0.25, 0.3) is 6.08 Å². The highest BCUT2D eigenvalue weighted by Crippen LogP contribution is 2.24. The van der Waals surface area contributed by atoms with E-state index in [1.54, 1.807) is 18.3 Å². The summed E-state index contributed by atoms with van der Waals surface area (Å²) in [6, 6.07) is 1.71. The monoisotopic (exact) mass is 223 g/mol. The van der Waals surface area contributed by atoms with Gasteiger partial charge >= 0.3 is 5.97 Å². The van der Waals surface area contributed by atoms with E-state index >= 15 is 0 Å². The number of hydrogen-bond acceptors (Lipinski definition) is 5. The van der Waals surface area contributed by atoms with Crippen molar-refractivity contribution in [1.29, 1.82) is 0 Å². The minimum absolute atomic E-state index is 0.401. The molecule has 1 aromatic heterocycles. The minimum Gasteiger partial charge on any atom is -0.491 e. The van der Waals surface area contributed by atoms with E-state index in [4.69, 9.17) is 9.47 Å². The van der Waals surface area contributed by atoms with Crippen molar-refractivity contribution in [2.24, 2.45) is 0 Å². The summed E-state index contributed by atoms with van der Waals surface area (Å²) in [5, 5.41) is 0. The molecule has 0 aliphatic rings. The van der Waals surface area contributed by atoms with E-state index in [0.717, 1.165) is 5.56 Å². The van der Waals surface area contributed by atoms with Crippen LogP contribution in [0, 0.1) is 0 Å². The van der Waals surface area contributed by atoms with Gasteiger partial charge in [0.2, 0.25) is 0 Å². The maximum Gasteiger partial charge on any atom is 0.330 e. The molecule has 0 unspecified atom stereocenters. The molecular formula is C11H13NO4. The number of ether oxygens (including phenoxy) is 3. The molecule has 0 atom stereocenters. The van der Waals surface area contributed by atoms with Crippen molar-refractivity contribution in [3.8, 4) is 11.6 Å². The molecule has 0 saturated carbocycles. The molecular weight excluding hydrogens is 210 g/mol. The number of rotatable bonds is 4. The molecule has 1 heterocycles. The van der Waals surface area contributed by atoms with E-state index in [9.17, 15) is 4.79 Å². The fraction of sp³-hybridized carbons (Fsp3) is 0.273. The van der Waals surface area contributed by atoms with Gasteiger partial charge in [-0.2, -0.15) is 0 Å². The van der Waals surface area contributed by atoms with Crippen LogP contribution in [0.1, 0.15) is 5.56 Å². The van der Waals surface area contributed by atoms with E-state index < -0.39 is 5.97 Å². The first-order valence-electron chi connectivity index (χ1n) is 4.55. The maximum atomic E-state index is 10.9. The average molecular weight is 223 g/mol. The molecule has 1 aromatic rings. The van der Waals surface area contributed by atoms with Gasteiger partial charge in [0.25, 0.3) is 5.88 Å². The third-order valence-corrected chi connectivity index (χ3v) is 1.87. The summed E-state index contributed by atoms with van der Waals surface area (Å²) < 4.78 is 14.5. The summed E-state index contributed by atoms with van der Waals surface area (Å²) in [6.07, 6.45) is 4.46. The highest BCUT2D eigenvalue weighted by Gasteiger charge is 2.04. The summed E-state index contributed by atoms with van der Waals surface area (Å²) in [7, 11) is 4.35. The Balaban J connectivity index is 2.91. The van der Waals surface area contributed by atoms with Gasteiger partial charge in [-0.15, -0.1) is 0 Å². The topological polar surface area (TPSA) is 57.7 Å². The molecule has 0 saturated heterocycles. The van der Waals surface area contributed by atoms with Gasteiger partial charge in [-0.25, -0.2) is 9.78 Å². The lowest BCUT2D eigenvalue weighted by atomic mass is 10.2. The van der Waals surface area contributed by atoms with Crippen LogP contribution in [0.5, 0.6) is 11.6 Å². The van der Waals surface area contributed by atoms with Gasteiger partial charge in [0.1, 0.15) is 0 Å². The van der Waals surface area contributed by atoms with Crippen molar-refractivity contribution < 1.29 is 19.0 Å². The fourth-order valence-corrected chi connectivity index (χ4v) is 1.07. The zero-order valence-corrected chi connectivity index (χ0v) is 9.39. The minimum atomic E-state index is -0.421. The molecule has 0 radical (unpaired) electrons. The Morgan fingerprint density at radius 1 is 1.31 bits per heavy atom. The predicted octanol–water partition coefficient (Wildman–Crippen LogP) is 1.28. The largest absolute Gasteiger partial charge is 0.491 e. The van der Waals surface area contributed by atoms with Crippen molar-refractivity contribution in [2.75, 3.05) is 21.3 Å². The number of aromatic nitrogens is 1. The Morgan fingerprint density at radius 3 is 2.62 bits per heavy atom. The number of esters is 1. The Labute approximate surface area is 93.7 Å². The normalized spacial score (nSPS) is 10.2. The van der Waals surface area contributed by atoms with Gasteiger partial charge < -0.3 is 14.2 Å². The van der Waals surface area contributed by atoms with Gasteiger partial charge in [0.15, 0.2) is 5.75 Å². The second-order valence-electron chi connectivity index (χ2n) is 2.84. The first-order valence-corrected chi connectivity index (χ1v) is 4.55. The van der Waals surface area contributed by atoms with E-state index in [2.05, 4.69) is 9.72 Å². The Hall–Kier alpha value is -2.04. The maximum absolute atomic E-state index is 10.9. The zero-order valence-electron chi connectivity index (χ0n) is 9.39. The van der Waals surface area contributed by atoms with Crippen molar-refractivity contribution in [3.05, 3.63) is 23.9 Å². The molecule has 5 nitrogen and oxygen atoms in total. The molecule has 0 aromatic carbocycles. The van der Waals surface area contributed by atoms with Crippen LogP contribution >= 0.6 is 0 Å². The van der Waals surface area contributed by atoms with Crippen LogP contribution < -0.4 is 9.47 Å². The number of pyridine rings is 1. The summed E-state index contributed by atoms with van der Waals surface area (Å²) in [6.45, 7) is 0. The van der Waals surface area contributed by atoms with E-state index in [1.165, 1.54) is 27.4 Å². The van der Waals surface area contributed by atoms with Gasteiger partial charge in [-0.1, -0.05) is 0 Å². The molecule has 0 bridgehead atoms. The number of methoxy groups -OCH3 is 3. The second kappa shape index (κ2) is 5.75. The van der Waals surface area contributed by atoms with Crippen molar-refractivity contribution >= 4 is 12.0 Å². The van der Waals surface area contributed by atoms with Crippen LogP contribution in [-0.2, 0) is 9.53 Å². The van der Waals surface area contributed by atoms with E-state index in [0.29, 0.717) is 11.6 Å². The molecule has 86 valence electrons. The molecule has 0 amide bonds. The SMILES string of the molecule is COC(=O)/C=C\c1cnc(OC)c(OC)c1. The molecule has 0 aliphatic carbocycles. The Morgan fingerprint density at radius 2 is 2.06 bits per heavy atom. The first kappa shape index (κ1) is 12.0. The van der Waals surface area contributed by atoms with Crippen molar-refractivity contribution in [1.82, 2.24) is 4.98 Å². The number of nitrogens with zero attached hydrogens (tertiary/aromatic N) is 1. The lowest BCUT2D eigenvalue weighted by Crippen LogP contribution is -1.95. The smallest absolute Gasteiger partial charge is 0.330 e. The molecule has 5 heteroatoms. The lowest BCUT2D eigenvalue weighted by molar-refractivity contribution is -0.134. The number of hydrogen-bond donors (Lipinski definition) is 0. The third kappa shape index (κ3) is 2.98. The number of carbonyl (C=O) groups is 1. The molecule has 0 fully saturated rings. The van der Waals surface area contributed by atoms with Crippen LogP contribution in [0.15, 0.2) is 18.3 Å². The fourth-order valence-electron chi connectivity index (χ4n) is 1.07. The van der Waals surface area contributed by atoms with E-state index in [1.807, 2.05) is 0 Å². The van der Waals surface area contributed by atoms with Crippen LogP contribution in [0.4, 0.5) is 0 Å². The summed E-state index contributed by atoms with van der Waals surface area (Å²) in [4.78, 5) is 14.9. The highest BCUT2D eigenvalue weighted by molar-refractivity contribution is 5.86. The third-order valence-electron chi connectivity index (χ3n) is 1.87. The van der Waals surface area contributed by atoms with Crippen molar-refractivity contribution in [2.45, 2.75) is 0 Å². The van der Waals surface area contributed by atoms with Gasteiger partial charge in [-0.05, 0) is 17.7 Å². The molecule has 0 aliphatic heterocycles. The van der Waals surface area contributed by atoms with Crippen molar-refractivity contribution in [3.63, 3.8) is 0 Å². The average Bonchev–Trinajstić information content (AvgIpc) is 2.35. The summed E-state index contributed by atoms with van der Waals surface area (Å²) in [5.41, 5.74) is 0.725.